The molecule has 0 aliphatic carbocycles. The highest BCUT2D eigenvalue weighted by Crippen LogP contribution is 2.28. The van der Waals surface area contributed by atoms with E-state index in [0.29, 0.717) is 21.2 Å². The number of rotatable bonds is 4. The third-order valence-electron chi connectivity index (χ3n) is 3.27. The largest absolute Gasteiger partial charge is 0.289 e. The predicted molar refractivity (Wildman–Crippen MR) is 96.9 cm³/mol. The highest BCUT2D eigenvalue weighted by atomic mass is 35.5. The highest BCUT2D eigenvalue weighted by molar-refractivity contribution is 7.99. The second kappa shape index (κ2) is 7.22. The molecule has 0 saturated carbocycles. The zero-order valence-corrected chi connectivity index (χ0v) is 14.3. The Morgan fingerprint density at radius 2 is 1.43 bits per heavy atom. The summed E-state index contributed by atoms with van der Waals surface area (Å²) in [7, 11) is 0. The van der Waals surface area contributed by atoms with Crippen LogP contribution in [0.15, 0.2) is 82.6 Å². The van der Waals surface area contributed by atoms with Crippen molar-refractivity contribution < 1.29 is 4.79 Å². The summed E-state index contributed by atoms with van der Waals surface area (Å²) >= 11 is 13.7. The SMILES string of the molecule is O=C(c1ccc(Sc2ccccc2)cc1)c1cc(Cl)ccc1Cl. The zero-order valence-electron chi connectivity index (χ0n) is 12.0. The molecule has 0 amide bonds. The molecule has 3 aromatic carbocycles. The van der Waals surface area contributed by atoms with Gasteiger partial charge in [-0.25, -0.2) is 0 Å². The van der Waals surface area contributed by atoms with Gasteiger partial charge in [-0.15, -0.1) is 0 Å². The monoisotopic (exact) mass is 358 g/mol. The van der Waals surface area contributed by atoms with Crippen LogP contribution >= 0.6 is 35.0 Å². The van der Waals surface area contributed by atoms with Gasteiger partial charge in [0.25, 0.3) is 0 Å². The van der Waals surface area contributed by atoms with Crippen molar-refractivity contribution in [2.45, 2.75) is 9.79 Å². The molecule has 0 fully saturated rings. The number of carbonyl (C=O) groups is 1. The van der Waals surface area contributed by atoms with Crippen LogP contribution < -0.4 is 0 Å². The third-order valence-corrected chi connectivity index (χ3v) is 4.85. The fourth-order valence-electron chi connectivity index (χ4n) is 2.13. The lowest BCUT2D eigenvalue weighted by molar-refractivity contribution is 0.103. The standard InChI is InChI=1S/C19H12Cl2OS/c20-14-8-11-18(21)17(12-14)19(22)13-6-9-16(10-7-13)23-15-4-2-1-3-5-15/h1-12H. The topological polar surface area (TPSA) is 17.1 Å². The normalized spacial score (nSPS) is 10.5. The number of carbonyl (C=O) groups excluding carboxylic acids is 1. The zero-order chi connectivity index (χ0) is 16.2. The van der Waals surface area contributed by atoms with Crippen molar-refractivity contribution in [1.82, 2.24) is 0 Å². The first-order chi connectivity index (χ1) is 11.1. The van der Waals surface area contributed by atoms with E-state index >= 15 is 0 Å². The second-order valence-corrected chi connectivity index (χ2v) is 6.88. The maximum Gasteiger partial charge on any atom is 0.194 e. The predicted octanol–water partition coefficient (Wildman–Crippen LogP) is 6.38. The van der Waals surface area contributed by atoms with E-state index in [1.807, 2.05) is 42.5 Å². The summed E-state index contributed by atoms with van der Waals surface area (Å²) in [5.41, 5.74) is 1.01. The van der Waals surface area contributed by atoms with Gasteiger partial charge in [0, 0.05) is 25.9 Å². The Hall–Kier alpha value is -1.74. The Labute approximate surface area is 149 Å². The second-order valence-electron chi connectivity index (χ2n) is 4.89. The van der Waals surface area contributed by atoms with Crippen LogP contribution in [0.1, 0.15) is 15.9 Å². The number of halogens is 2. The molecule has 0 N–H and O–H groups in total. The molecule has 0 aliphatic rings. The summed E-state index contributed by atoms with van der Waals surface area (Å²) in [6, 6.07) is 22.5. The first-order valence-electron chi connectivity index (χ1n) is 6.96. The average Bonchev–Trinajstić information content (AvgIpc) is 2.58. The summed E-state index contributed by atoms with van der Waals surface area (Å²) in [6.45, 7) is 0. The summed E-state index contributed by atoms with van der Waals surface area (Å²) in [5.74, 6) is -0.131. The Morgan fingerprint density at radius 3 is 2.13 bits per heavy atom. The van der Waals surface area contributed by atoms with Gasteiger partial charge in [-0.2, -0.15) is 0 Å². The molecule has 0 unspecified atom stereocenters. The van der Waals surface area contributed by atoms with Gasteiger partial charge < -0.3 is 0 Å². The molecule has 0 atom stereocenters. The third kappa shape index (κ3) is 3.97. The van der Waals surface area contributed by atoms with Gasteiger partial charge in [-0.3, -0.25) is 4.79 Å². The fraction of sp³-hybridized carbons (Fsp3) is 0. The molecule has 114 valence electrons. The van der Waals surface area contributed by atoms with Crippen molar-refractivity contribution in [1.29, 1.82) is 0 Å². The van der Waals surface area contributed by atoms with E-state index in [2.05, 4.69) is 12.1 Å². The van der Waals surface area contributed by atoms with Crippen LogP contribution in [0, 0.1) is 0 Å². The molecule has 23 heavy (non-hydrogen) atoms. The van der Waals surface area contributed by atoms with Crippen molar-refractivity contribution >= 4 is 40.7 Å². The number of hydrogen-bond acceptors (Lipinski definition) is 2. The van der Waals surface area contributed by atoms with Crippen LogP contribution in [-0.2, 0) is 0 Å². The first kappa shape index (κ1) is 16.1. The van der Waals surface area contributed by atoms with Crippen molar-refractivity contribution in [3.8, 4) is 0 Å². The van der Waals surface area contributed by atoms with E-state index in [1.165, 1.54) is 0 Å². The van der Waals surface area contributed by atoms with Crippen LogP contribution in [0.3, 0.4) is 0 Å². The van der Waals surface area contributed by atoms with E-state index in [0.717, 1.165) is 9.79 Å². The lowest BCUT2D eigenvalue weighted by atomic mass is 10.0. The van der Waals surface area contributed by atoms with Crippen LogP contribution in [-0.4, -0.2) is 5.78 Å². The molecular weight excluding hydrogens is 347 g/mol. The number of hydrogen-bond donors (Lipinski definition) is 0. The molecule has 0 radical (unpaired) electrons. The Bertz CT molecular complexity index is 830. The molecule has 0 heterocycles. The maximum absolute atomic E-state index is 12.5. The highest BCUT2D eigenvalue weighted by Gasteiger charge is 2.13. The smallest absolute Gasteiger partial charge is 0.194 e. The van der Waals surface area contributed by atoms with E-state index in [4.69, 9.17) is 23.2 Å². The van der Waals surface area contributed by atoms with Gasteiger partial charge in [0.1, 0.15) is 0 Å². The van der Waals surface area contributed by atoms with Crippen molar-refractivity contribution in [2.24, 2.45) is 0 Å². The summed E-state index contributed by atoms with van der Waals surface area (Å²) in [4.78, 5) is 14.8. The van der Waals surface area contributed by atoms with E-state index in [1.54, 1.807) is 30.0 Å². The quantitative estimate of drug-likeness (QED) is 0.503. The molecule has 1 nitrogen and oxygen atoms in total. The molecule has 0 aliphatic heterocycles. The Balaban J connectivity index is 1.82. The molecule has 0 saturated heterocycles. The van der Waals surface area contributed by atoms with Gasteiger partial charge in [-0.1, -0.05) is 53.2 Å². The first-order valence-corrected chi connectivity index (χ1v) is 8.53. The van der Waals surface area contributed by atoms with E-state index < -0.39 is 0 Å². The van der Waals surface area contributed by atoms with Gasteiger partial charge in [0.2, 0.25) is 0 Å². The average molecular weight is 359 g/mol. The molecule has 3 rings (SSSR count). The number of ketones is 1. The maximum atomic E-state index is 12.5. The fourth-order valence-corrected chi connectivity index (χ4v) is 3.34. The molecule has 0 aromatic heterocycles. The lowest BCUT2D eigenvalue weighted by Crippen LogP contribution is -2.02. The molecule has 0 bridgehead atoms. The van der Waals surface area contributed by atoms with Gasteiger partial charge in [-0.05, 0) is 54.6 Å². The minimum atomic E-state index is -0.131. The van der Waals surface area contributed by atoms with Crippen molar-refractivity contribution in [3.05, 3.63) is 94.0 Å². The molecule has 4 heteroatoms. The molecular formula is C19H12Cl2OS. The van der Waals surface area contributed by atoms with Gasteiger partial charge in [0.05, 0.1) is 5.02 Å². The Kier molecular flexibility index (Phi) is 5.06. The van der Waals surface area contributed by atoms with Crippen LogP contribution in [0.2, 0.25) is 10.0 Å². The minimum absolute atomic E-state index is 0.131. The molecule has 0 spiro atoms. The number of benzene rings is 3. The van der Waals surface area contributed by atoms with Crippen LogP contribution in [0.4, 0.5) is 0 Å². The van der Waals surface area contributed by atoms with E-state index in [9.17, 15) is 4.79 Å². The van der Waals surface area contributed by atoms with Gasteiger partial charge >= 0.3 is 0 Å². The van der Waals surface area contributed by atoms with E-state index in [-0.39, 0.29) is 5.78 Å². The van der Waals surface area contributed by atoms with Crippen molar-refractivity contribution in [2.75, 3.05) is 0 Å². The van der Waals surface area contributed by atoms with Crippen LogP contribution in [0.25, 0.3) is 0 Å². The van der Waals surface area contributed by atoms with Gasteiger partial charge in [0.15, 0.2) is 5.78 Å². The van der Waals surface area contributed by atoms with Crippen LogP contribution in [0.5, 0.6) is 0 Å². The summed E-state index contributed by atoms with van der Waals surface area (Å²) in [5, 5.41) is 0.899. The molecule has 3 aromatic rings. The minimum Gasteiger partial charge on any atom is -0.289 e. The Morgan fingerprint density at radius 1 is 0.783 bits per heavy atom. The summed E-state index contributed by atoms with van der Waals surface area (Å²) < 4.78 is 0. The summed E-state index contributed by atoms with van der Waals surface area (Å²) in [6.07, 6.45) is 0. The van der Waals surface area contributed by atoms with Crippen molar-refractivity contribution in [3.63, 3.8) is 0 Å². The lowest BCUT2D eigenvalue weighted by Gasteiger charge is -2.06.